The van der Waals surface area contributed by atoms with Gasteiger partial charge in [0.05, 0.1) is 11.6 Å². The van der Waals surface area contributed by atoms with Gasteiger partial charge in [0.1, 0.15) is 5.52 Å². The molecule has 1 fully saturated rings. The molecule has 3 heteroatoms. The average molecular weight is 241 g/mol. The summed E-state index contributed by atoms with van der Waals surface area (Å²) >= 11 is 0. The van der Waals surface area contributed by atoms with E-state index in [4.69, 9.17) is 0 Å². The Morgan fingerprint density at radius 2 is 2.00 bits per heavy atom. The summed E-state index contributed by atoms with van der Waals surface area (Å²) in [6.07, 6.45) is 8.65. The molecule has 1 unspecified atom stereocenters. The van der Waals surface area contributed by atoms with Crippen molar-refractivity contribution in [1.29, 1.82) is 0 Å². The molecule has 0 aliphatic heterocycles. The van der Waals surface area contributed by atoms with Crippen molar-refractivity contribution in [2.24, 2.45) is 5.92 Å². The number of nitrogens with zero attached hydrogens (tertiary/aromatic N) is 3. The molecule has 1 atom stereocenters. The highest BCUT2D eigenvalue weighted by Crippen LogP contribution is 2.34. The summed E-state index contributed by atoms with van der Waals surface area (Å²) in [5, 5.41) is 8.58. The third kappa shape index (κ3) is 1.94. The standard InChI is InChI=1S/C15H19N3/c1-2-14(12-8-4-3-5-9-12)18-15-11-7-6-10-13(15)16-17-18/h2,6-7,10-12,14H,1,3-5,8-9H2. The van der Waals surface area contributed by atoms with Crippen molar-refractivity contribution in [3.63, 3.8) is 0 Å². The molecule has 0 spiro atoms. The summed E-state index contributed by atoms with van der Waals surface area (Å²) < 4.78 is 2.05. The summed E-state index contributed by atoms with van der Waals surface area (Å²) in [5.41, 5.74) is 2.09. The minimum absolute atomic E-state index is 0.290. The van der Waals surface area contributed by atoms with Gasteiger partial charge >= 0.3 is 0 Å². The number of hydrogen-bond acceptors (Lipinski definition) is 2. The van der Waals surface area contributed by atoms with E-state index in [9.17, 15) is 0 Å². The van der Waals surface area contributed by atoms with Gasteiger partial charge in [-0.1, -0.05) is 42.7 Å². The van der Waals surface area contributed by atoms with Crippen LogP contribution in [0.25, 0.3) is 11.0 Å². The second kappa shape index (κ2) is 4.92. The maximum Gasteiger partial charge on any atom is 0.113 e. The van der Waals surface area contributed by atoms with E-state index in [-0.39, 0.29) is 6.04 Å². The van der Waals surface area contributed by atoms with Crippen LogP contribution in [-0.2, 0) is 0 Å². The Balaban J connectivity index is 1.97. The van der Waals surface area contributed by atoms with Gasteiger partial charge in [0.2, 0.25) is 0 Å². The fourth-order valence-electron chi connectivity index (χ4n) is 3.07. The Morgan fingerprint density at radius 1 is 1.22 bits per heavy atom. The Labute approximate surface area is 107 Å². The fourth-order valence-corrected chi connectivity index (χ4v) is 3.07. The molecule has 1 aliphatic carbocycles. The van der Waals surface area contributed by atoms with E-state index in [1.54, 1.807) is 0 Å². The van der Waals surface area contributed by atoms with Crippen LogP contribution in [0.2, 0.25) is 0 Å². The van der Waals surface area contributed by atoms with Gasteiger partial charge in [0, 0.05) is 0 Å². The van der Waals surface area contributed by atoms with Gasteiger partial charge in [0.25, 0.3) is 0 Å². The van der Waals surface area contributed by atoms with Crippen LogP contribution in [0.4, 0.5) is 0 Å². The zero-order chi connectivity index (χ0) is 12.4. The first kappa shape index (κ1) is 11.5. The summed E-state index contributed by atoms with van der Waals surface area (Å²) in [7, 11) is 0. The minimum atomic E-state index is 0.290. The number of rotatable bonds is 3. The highest BCUT2D eigenvalue weighted by atomic mass is 15.4. The predicted molar refractivity (Wildman–Crippen MR) is 73.3 cm³/mol. The monoisotopic (exact) mass is 241 g/mol. The largest absolute Gasteiger partial charge is 0.238 e. The molecule has 94 valence electrons. The topological polar surface area (TPSA) is 30.7 Å². The highest BCUT2D eigenvalue weighted by molar-refractivity contribution is 5.74. The van der Waals surface area contributed by atoms with Gasteiger partial charge in [0.15, 0.2) is 0 Å². The molecular formula is C15H19N3. The molecule has 0 amide bonds. The van der Waals surface area contributed by atoms with Gasteiger partial charge in [-0.25, -0.2) is 4.68 Å². The molecule has 0 N–H and O–H groups in total. The van der Waals surface area contributed by atoms with Crippen LogP contribution in [0, 0.1) is 5.92 Å². The normalized spacial score (nSPS) is 18.9. The van der Waals surface area contributed by atoms with E-state index in [1.807, 2.05) is 24.3 Å². The molecule has 1 aromatic heterocycles. The minimum Gasteiger partial charge on any atom is -0.238 e. The smallest absolute Gasteiger partial charge is 0.113 e. The third-order valence-electron chi connectivity index (χ3n) is 4.03. The van der Waals surface area contributed by atoms with Crippen LogP contribution in [0.1, 0.15) is 38.1 Å². The van der Waals surface area contributed by atoms with Crippen molar-refractivity contribution in [3.8, 4) is 0 Å². The van der Waals surface area contributed by atoms with Crippen LogP contribution < -0.4 is 0 Å². The van der Waals surface area contributed by atoms with Crippen LogP contribution in [-0.4, -0.2) is 15.0 Å². The number of allylic oxidation sites excluding steroid dienone is 1. The molecule has 1 saturated carbocycles. The number of fused-ring (bicyclic) bond motifs is 1. The van der Waals surface area contributed by atoms with Gasteiger partial charge in [-0.2, -0.15) is 0 Å². The number of benzene rings is 1. The lowest BCUT2D eigenvalue weighted by molar-refractivity contribution is 0.274. The first-order valence-corrected chi connectivity index (χ1v) is 6.82. The number of para-hydroxylation sites is 1. The van der Waals surface area contributed by atoms with E-state index in [1.165, 1.54) is 32.1 Å². The molecule has 0 bridgehead atoms. The van der Waals surface area contributed by atoms with E-state index in [0.717, 1.165) is 11.0 Å². The lowest BCUT2D eigenvalue weighted by atomic mass is 9.84. The van der Waals surface area contributed by atoms with Gasteiger partial charge < -0.3 is 0 Å². The van der Waals surface area contributed by atoms with Crippen molar-refractivity contribution in [1.82, 2.24) is 15.0 Å². The zero-order valence-corrected chi connectivity index (χ0v) is 10.6. The molecule has 0 saturated heterocycles. The van der Waals surface area contributed by atoms with E-state index in [0.29, 0.717) is 5.92 Å². The number of aromatic nitrogens is 3. The molecule has 2 aromatic rings. The maximum atomic E-state index is 4.34. The third-order valence-corrected chi connectivity index (χ3v) is 4.03. The van der Waals surface area contributed by atoms with Crippen LogP contribution in [0.3, 0.4) is 0 Å². The molecule has 1 heterocycles. The zero-order valence-electron chi connectivity index (χ0n) is 10.6. The van der Waals surface area contributed by atoms with E-state index >= 15 is 0 Å². The maximum absolute atomic E-state index is 4.34. The van der Waals surface area contributed by atoms with E-state index < -0.39 is 0 Å². The SMILES string of the molecule is C=CC(C1CCCCC1)n1nnc2ccccc21. The van der Waals surface area contributed by atoms with Gasteiger partial charge in [-0.15, -0.1) is 11.7 Å². The summed E-state index contributed by atoms with van der Waals surface area (Å²) in [4.78, 5) is 0. The quantitative estimate of drug-likeness (QED) is 0.766. The van der Waals surface area contributed by atoms with Crippen molar-refractivity contribution in [2.75, 3.05) is 0 Å². The predicted octanol–water partition coefficient (Wildman–Crippen LogP) is 3.74. The molecule has 1 aliphatic rings. The second-order valence-corrected chi connectivity index (χ2v) is 5.15. The van der Waals surface area contributed by atoms with Crippen molar-refractivity contribution in [2.45, 2.75) is 38.1 Å². The van der Waals surface area contributed by atoms with E-state index in [2.05, 4.69) is 27.6 Å². The lowest BCUT2D eigenvalue weighted by Crippen LogP contribution is -2.21. The van der Waals surface area contributed by atoms with Crippen LogP contribution in [0.5, 0.6) is 0 Å². The van der Waals surface area contributed by atoms with Crippen molar-refractivity contribution in [3.05, 3.63) is 36.9 Å². The van der Waals surface area contributed by atoms with Crippen LogP contribution >= 0.6 is 0 Å². The average Bonchev–Trinajstić information content (AvgIpc) is 2.85. The molecule has 0 radical (unpaired) electrons. The molecule has 18 heavy (non-hydrogen) atoms. The Hall–Kier alpha value is -1.64. The Morgan fingerprint density at radius 3 is 2.78 bits per heavy atom. The fraction of sp³-hybridized carbons (Fsp3) is 0.467. The van der Waals surface area contributed by atoms with Gasteiger partial charge in [-0.05, 0) is 30.9 Å². The Bertz CT molecular complexity index is 537. The first-order chi connectivity index (χ1) is 8.90. The Kier molecular flexibility index (Phi) is 3.13. The molecule has 3 rings (SSSR count). The number of hydrogen-bond donors (Lipinski definition) is 0. The van der Waals surface area contributed by atoms with Crippen molar-refractivity contribution < 1.29 is 0 Å². The molecular weight excluding hydrogens is 222 g/mol. The summed E-state index contributed by atoms with van der Waals surface area (Å²) in [5.74, 6) is 0.668. The second-order valence-electron chi connectivity index (χ2n) is 5.15. The lowest BCUT2D eigenvalue weighted by Gasteiger charge is -2.28. The summed E-state index contributed by atoms with van der Waals surface area (Å²) in [6, 6.07) is 8.44. The van der Waals surface area contributed by atoms with Crippen LogP contribution in [0.15, 0.2) is 36.9 Å². The first-order valence-electron chi connectivity index (χ1n) is 6.82. The summed E-state index contributed by atoms with van der Waals surface area (Å²) in [6.45, 7) is 4.01. The highest BCUT2D eigenvalue weighted by Gasteiger charge is 2.24. The van der Waals surface area contributed by atoms with Crippen molar-refractivity contribution >= 4 is 11.0 Å². The molecule has 1 aromatic carbocycles. The molecule has 3 nitrogen and oxygen atoms in total. The van der Waals surface area contributed by atoms with Gasteiger partial charge in [-0.3, -0.25) is 0 Å².